The number of benzene rings is 6. The Morgan fingerprint density at radius 1 is 0.472 bits per heavy atom. The van der Waals surface area contributed by atoms with Crippen LogP contribution in [-0.2, 0) is 5.33 Å². The summed E-state index contributed by atoms with van der Waals surface area (Å²) >= 11 is 16.1. The second-order valence-corrected chi connectivity index (χ2v) is 25.1. The van der Waals surface area contributed by atoms with E-state index in [1.54, 1.807) is 0 Å². The van der Waals surface area contributed by atoms with Crippen molar-refractivity contribution in [1.29, 1.82) is 0 Å². The molecule has 274 valence electrons. The molecule has 0 aliphatic rings. The van der Waals surface area contributed by atoms with Gasteiger partial charge in [-0.15, -0.1) is 0 Å². The molecular weight excluding hydrogens is 791 g/mol. The van der Waals surface area contributed by atoms with Gasteiger partial charge in [-0.1, -0.05) is 202 Å². The molecule has 0 bridgehead atoms. The molecule has 0 saturated carbocycles. The van der Waals surface area contributed by atoms with Gasteiger partial charge in [-0.3, -0.25) is 0 Å². The molecule has 0 unspecified atom stereocenters. The Morgan fingerprint density at radius 2 is 0.792 bits per heavy atom. The molecule has 7 heteroatoms. The van der Waals surface area contributed by atoms with E-state index in [2.05, 4.69) is 185 Å². The maximum Gasteiger partial charge on any atom is 0.319 e. The zero-order chi connectivity index (χ0) is 38.3. The van der Waals surface area contributed by atoms with Crippen LogP contribution in [0.2, 0.25) is 20.1 Å². The van der Waals surface area contributed by atoms with E-state index in [4.69, 9.17) is 32.1 Å². The lowest BCUT2D eigenvalue weighted by atomic mass is 10.2. The summed E-state index contributed by atoms with van der Waals surface area (Å²) in [7, 11) is -5.18. The van der Waals surface area contributed by atoms with Gasteiger partial charge in [-0.2, -0.15) is 0 Å². The molecule has 0 amide bonds. The largest absolute Gasteiger partial charge is 0.534 e. The van der Waals surface area contributed by atoms with Crippen molar-refractivity contribution in [2.24, 2.45) is 0 Å². The minimum Gasteiger partial charge on any atom is -0.534 e. The Labute approximate surface area is 337 Å². The van der Waals surface area contributed by atoms with Gasteiger partial charge in [0.15, 0.2) is 0 Å². The highest BCUT2D eigenvalue weighted by atomic mass is 79.9. The van der Waals surface area contributed by atoms with Crippen LogP contribution in [0.3, 0.4) is 0 Å². The van der Waals surface area contributed by atoms with Crippen LogP contribution in [0.5, 0.6) is 11.5 Å². The summed E-state index contributed by atoms with van der Waals surface area (Å²) in [5, 5.41) is 7.16. The summed E-state index contributed by atoms with van der Waals surface area (Å²) in [6, 6.07) is 54.5. The molecule has 6 rings (SSSR count). The Morgan fingerprint density at radius 3 is 1.09 bits per heavy atom. The van der Waals surface area contributed by atoms with Gasteiger partial charge in [-0.25, -0.2) is 0 Å². The topological polar surface area (TPSA) is 18.5 Å². The van der Waals surface area contributed by atoms with E-state index in [-0.39, 0.29) is 10.1 Å². The zero-order valence-electron chi connectivity index (χ0n) is 31.7. The summed E-state index contributed by atoms with van der Waals surface area (Å²) in [6.07, 6.45) is 0. The third kappa shape index (κ3) is 8.87. The maximum absolute atomic E-state index is 7.00. The highest BCUT2D eigenvalue weighted by Crippen LogP contribution is 2.39. The summed E-state index contributed by atoms with van der Waals surface area (Å²) in [5.41, 5.74) is 2.06. The number of halogens is 3. The summed E-state index contributed by atoms with van der Waals surface area (Å²) in [6.45, 7) is 15.7. The van der Waals surface area contributed by atoms with E-state index in [1.807, 2.05) is 37.3 Å². The van der Waals surface area contributed by atoms with E-state index >= 15 is 0 Å². The van der Waals surface area contributed by atoms with Crippen molar-refractivity contribution >= 4 is 76.5 Å². The molecule has 0 aromatic heterocycles. The third-order valence-corrected chi connectivity index (χ3v) is 21.0. The van der Waals surface area contributed by atoms with Crippen molar-refractivity contribution in [1.82, 2.24) is 0 Å². The Balaban J connectivity index is 0.000000204. The molecule has 0 atom stereocenters. The molecule has 2 nitrogen and oxygen atoms in total. The lowest BCUT2D eigenvalue weighted by Crippen LogP contribution is -2.68. The molecule has 6 aromatic carbocycles. The van der Waals surface area contributed by atoms with Gasteiger partial charge in [0.1, 0.15) is 11.5 Å². The van der Waals surface area contributed by atoms with Crippen LogP contribution in [0, 0.1) is 6.92 Å². The number of hydrogen-bond acceptors (Lipinski definition) is 2. The molecule has 0 spiro atoms. The molecular formula is C46H49BrCl2O2Si2. The van der Waals surface area contributed by atoms with E-state index in [0.717, 1.165) is 32.7 Å². The van der Waals surface area contributed by atoms with E-state index in [9.17, 15) is 0 Å². The molecule has 0 saturated heterocycles. The van der Waals surface area contributed by atoms with Crippen LogP contribution >= 0.6 is 39.1 Å². The lowest BCUT2D eigenvalue weighted by Gasteiger charge is -2.43. The molecule has 0 aliphatic heterocycles. The van der Waals surface area contributed by atoms with Crippen LogP contribution in [-0.4, -0.2) is 16.6 Å². The van der Waals surface area contributed by atoms with Crippen molar-refractivity contribution in [3.8, 4) is 11.5 Å². The van der Waals surface area contributed by atoms with Crippen LogP contribution in [0.4, 0.5) is 0 Å². The second-order valence-electron chi connectivity index (χ2n) is 15.3. The smallest absolute Gasteiger partial charge is 0.319 e. The first-order valence-corrected chi connectivity index (χ1v) is 23.6. The third-order valence-electron chi connectivity index (χ3n) is 9.67. The average Bonchev–Trinajstić information content (AvgIpc) is 3.15. The number of rotatable bonds is 9. The summed E-state index contributed by atoms with van der Waals surface area (Å²) in [5.74, 6) is 1.74. The number of aryl methyl sites for hydroxylation is 1. The Bertz CT molecular complexity index is 1990. The number of alkyl halides is 1. The predicted molar refractivity (Wildman–Crippen MR) is 237 cm³/mol. The van der Waals surface area contributed by atoms with Crippen LogP contribution in [0.1, 0.15) is 52.7 Å². The van der Waals surface area contributed by atoms with Crippen molar-refractivity contribution in [2.75, 3.05) is 0 Å². The first kappa shape index (κ1) is 40.6. The van der Waals surface area contributed by atoms with E-state index < -0.39 is 16.6 Å². The van der Waals surface area contributed by atoms with Crippen molar-refractivity contribution < 1.29 is 8.85 Å². The van der Waals surface area contributed by atoms with Crippen LogP contribution in [0.25, 0.3) is 0 Å². The average molecular weight is 841 g/mol. The van der Waals surface area contributed by atoms with Crippen LogP contribution in [0.15, 0.2) is 158 Å². The van der Waals surface area contributed by atoms with Gasteiger partial charge in [0.05, 0.1) is 0 Å². The molecule has 53 heavy (non-hydrogen) atoms. The SMILES string of the molecule is CC(C)(C)[Si](Oc1ccc(Cl)c(CBr)c1)(c1ccccc1)c1ccccc1.Cc1cc(O[Si](c2ccccc2)(c2ccccc2)C(C)(C)C)ccc1Cl. The fourth-order valence-electron chi connectivity index (χ4n) is 7.05. The number of hydrogen-bond donors (Lipinski definition) is 0. The highest BCUT2D eigenvalue weighted by molar-refractivity contribution is 9.08. The molecule has 0 N–H and O–H groups in total. The predicted octanol–water partition coefficient (Wildman–Crippen LogP) is 11.8. The first-order chi connectivity index (χ1) is 25.2. The van der Waals surface area contributed by atoms with E-state index in [0.29, 0.717) is 5.33 Å². The molecule has 0 heterocycles. The fraction of sp³-hybridized carbons (Fsp3) is 0.217. The fourth-order valence-corrected chi connectivity index (χ4v) is 16.8. The molecule has 0 radical (unpaired) electrons. The van der Waals surface area contributed by atoms with Gasteiger partial charge >= 0.3 is 16.6 Å². The van der Waals surface area contributed by atoms with Crippen molar-refractivity contribution in [3.05, 3.63) is 179 Å². The highest BCUT2D eigenvalue weighted by Gasteiger charge is 2.53. The quantitative estimate of drug-likeness (QED) is 0.107. The zero-order valence-corrected chi connectivity index (χ0v) is 36.8. The standard InChI is InChI=1S/C23H24BrClOSi.C23H25ClOSi/c1-23(2,3)27(20-10-6-4-7-11-20,21-12-8-5-9-13-21)26-19-14-15-22(25)18(16-19)17-24;1-18-17-19(15-16-22(18)24)25-26(23(2,3)4,20-11-7-5-8-12-20)21-13-9-6-10-14-21/h4-16H,17H2,1-3H3;5-17H,1-4H3. The van der Waals surface area contributed by atoms with E-state index in [1.165, 1.54) is 20.7 Å². The molecule has 0 fully saturated rings. The van der Waals surface area contributed by atoms with Crippen LogP contribution < -0.4 is 29.6 Å². The molecule has 0 aliphatic carbocycles. The van der Waals surface area contributed by atoms with Crippen molar-refractivity contribution in [3.63, 3.8) is 0 Å². The van der Waals surface area contributed by atoms with Gasteiger partial charge in [-0.05, 0) is 85.3 Å². The summed E-state index contributed by atoms with van der Waals surface area (Å²) < 4.78 is 14.0. The molecule has 6 aromatic rings. The van der Waals surface area contributed by atoms with Crippen molar-refractivity contribution in [2.45, 2.75) is 63.9 Å². The minimum absolute atomic E-state index is 0.0523. The Hall–Kier alpha value is -3.59. The minimum atomic E-state index is -2.60. The normalized spacial score (nSPS) is 12.0. The monoisotopic (exact) mass is 838 g/mol. The van der Waals surface area contributed by atoms with Gasteiger partial charge in [0, 0.05) is 15.4 Å². The maximum atomic E-state index is 7.00. The first-order valence-electron chi connectivity index (χ1n) is 17.9. The van der Waals surface area contributed by atoms with Gasteiger partial charge < -0.3 is 8.85 Å². The second kappa shape index (κ2) is 17.3. The Kier molecular flexibility index (Phi) is 13.2. The van der Waals surface area contributed by atoms with Gasteiger partial charge in [0.2, 0.25) is 0 Å². The lowest BCUT2D eigenvalue weighted by molar-refractivity contribution is 0.508. The van der Waals surface area contributed by atoms with Gasteiger partial charge in [0.25, 0.3) is 0 Å². The summed E-state index contributed by atoms with van der Waals surface area (Å²) in [4.78, 5) is 0.